The van der Waals surface area contributed by atoms with Crippen LogP contribution >= 0.6 is 0 Å². The van der Waals surface area contributed by atoms with Crippen molar-refractivity contribution in [2.24, 2.45) is 0 Å². The Morgan fingerprint density at radius 1 is 0.767 bits per heavy atom. The first kappa shape index (κ1) is 17.6. The Bertz CT molecular complexity index is 1250. The second-order valence-electron chi connectivity index (χ2n) is 6.57. The van der Waals surface area contributed by atoms with Crippen molar-refractivity contribution in [1.29, 1.82) is 0 Å². The van der Waals surface area contributed by atoms with E-state index in [4.69, 9.17) is 5.73 Å². The summed E-state index contributed by atoms with van der Waals surface area (Å²) in [6.07, 6.45) is 1.46. The molecule has 0 bridgehead atoms. The van der Waals surface area contributed by atoms with Gasteiger partial charge in [0.1, 0.15) is 17.5 Å². The highest BCUT2D eigenvalue weighted by molar-refractivity contribution is 5.80. The van der Waals surface area contributed by atoms with Gasteiger partial charge in [-0.1, -0.05) is 53.7 Å². The molecule has 3 aromatic carbocycles. The number of nitrogen functional groups attached to an aromatic ring is 1. The van der Waals surface area contributed by atoms with Crippen molar-refractivity contribution >= 4 is 33.9 Å². The van der Waals surface area contributed by atoms with Crippen molar-refractivity contribution in [2.75, 3.05) is 16.2 Å². The van der Waals surface area contributed by atoms with E-state index in [1.165, 1.54) is 6.33 Å². The summed E-state index contributed by atoms with van der Waals surface area (Å²) in [4.78, 5) is 8.72. The van der Waals surface area contributed by atoms with E-state index in [0.717, 1.165) is 22.4 Å². The van der Waals surface area contributed by atoms with Crippen molar-refractivity contribution in [1.82, 2.24) is 25.0 Å². The summed E-state index contributed by atoms with van der Waals surface area (Å²) in [5, 5.41) is 10.3. The van der Waals surface area contributed by atoms with Gasteiger partial charge < -0.3 is 5.73 Å². The SMILES string of the molecule is Nc1c(NN(c2ccccc2)c2ccccc2)ncnc1-n1nnc2ccccc21. The van der Waals surface area contributed by atoms with Gasteiger partial charge in [0.2, 0.25) is 0 Å². The monoisotopic (exact) mass is 394 g/mol. The number of nitrogens with zero attached hydrogens (tertiary/aromatic N) is 6. The molecule has 0 aliphatic rings. The molecule has 0 saturated heterocycles. The molecule has 8 nitrogen and oxygen atoms in total. The van der Waals surface area contributed by atoms with Crippen LogP contribution in [0.5, 0.6) is 0 Å². The van der Waals surface area contributed by atoms with Crippen LogP contribution in [0.25, 0.3) is 16.9 Å². The highest BCUT2D eigenvalue weighted by atomic mass is 15.5. The number of rotatable bonds is 5. The van der Waals surface area contributed by atoms with Crippen LogP contribution in [0.2, 0.25) is 0 Å². The number of anilines is 4. The van der Waals surface area contributed by atoms with Crippen LogP contribution in [0.15, 0.2) is 91.3 Å². The molecule has 30 heavy (non-hydrogen) atoms. The predicted molar refractivity (Wildman–Crippen MR) is 118 cm³/mol. The second kappa shape index (κ2) is 7.51. The van der Waals surface area contributed by atoms with Gasteiger partial charge in [-0.3, -0.25) is 10.4 Å². The predicted octanol–water partition coefficient (Wildman–Crippen LogP) is 3.96. The lowest BCUT2D eigenvalue weighted by atomic mass is 10.2. The Morgan fingerprint density at radius 3 is 2.10 bits per heavy atom. The van der Waals surface area contributed by atoms with Crippen LogP contribution in [-0.2, 0) is 0 Å². The Labute approximate surface area is 172 Å². The molecule has 0 spiro atoms. The average molecular weight is 394 g/mol. The number of nitrogens with one attached hydrogen (secondary N) is 1. The number of hydrazine groups is 1. The minimum atomic E-state index is 0.366. The Hall–Kier alpha value is -4.46. The maximum absolute atomic E-state index is 6.47. The van der Waals surface area contributed by atoms with Gasteiger partial charge in [-0.05, 0) is 36.4 Å². The molecular weight excluding hydrogens is 376 g/mol. The molecule has 8 heteroatoms. The highest BCUT2D eigenvalue weighted by Gasteiger charge is 2.17. The van der Waals surface area contributed by atoms with E-state index >= 15 is 0 Å². The van der Waals surface area contributed by atoms with Crippen molar-refractivity contribution in [3.63, 3.8) is 0 Å². The molecule has 2 aromatic heterocycles. The molecule has 0 amide bonds. The summed E-state index contributed by atoms with van der Waals surface area (Å²) in [7, 11) is 0. The van der Waals surface area contributed by atoms with E-state index in [2.05, 4.69) is 25.7 Å². The van der Waals surface area contributed by atoms with E-state index in [1.807, 2.05) is 89.9 Å². The van der Waals surface area contributed by atoms with Gasteiger partial charge >= 0.3 is 0 Å². The molecule has 2 heterocycles. The molecule has 0 unspecified atom stereocenters. The van der Waals surface area contributed by atoms with E-state index in [0.29, 0.717) is 17.3 Å². The average Bonchev–Trinajstić information content (AvgIpc) is 3.24. The van der Waals surface area contributed by atoms with Gasteiger partial charge in [-0.25, -0.2) is 9.97 Å². The minimum absolute atomic E-state index is 0.366. The maximum atomic E-state index is 6.47. The molecule has 0 saturated carbocycles. The molecule has 0 fully saturated rings. The number of aromatic nitrogens is 5. The number of para-hydroxylation sites is 3. The van der Waals surface area contributed by atoms with Gasteiger partial charge in [0.15, 0.2) is 11.6 Å². The maximum Gasteiger partial charge on any atom is 0.184 e. The Kier molecular flexibility index (Phi) is 4.41. The molecule has 5 aromatic rings. The molecule has 0 atom stereocenters. The van der Waals surface area contributed by atoms with Crippen molar-refractivity contribution in [2.45, 2.75) is 0 Å². The molecule has 5 rings (SSSR count). The van der Waals surface area contributed by atoms with Crippen LogP contribution in [0.3, 0.4) is 0 Å². The summed E-state index contributed by atoms with van der Waals surface area (Å²) in [6.45, 7) is 0. The Balaban J connectivity index is 1.58. The topological polar surface area (TPSA) is 97.8 Å². The lowest BCUT2D eigenvalue weighted by Gasteiger charge is -2.26. The lowest BCUT2D eigenvalue weighted by Crippen LogP contribution is -2.26. The zero-order valence-electron chi connectivity index (χ0n) is 15.9. The van der Waals surface area contributed by atoms with E-state index in [-0.39, 0.29) is 0 Å². The number of benzene rings is 3. The fraction of sp³-hybridized carbons (Fsp3) is 0. The number of fused-ring (bicyclic) bond motifs is 1. The van der Waals surface area contributed by atoms with Crippen LogP contribution in [-0.4, -0.2) is 25.0 Å². The Morgan fingerprint density at radius 2 is 1.40 bits per heavy atom. The van der Waals surface area contributed by atoms with E-state index in [1.54, 1.807) is 4.68 Å². The number of hydrogen-bond acceptors (Lipinski definition) is 7. The third-order valence-electron chi connectivity index (χ3n) is 4.66. The van der Waals surface area contributed by atoms with Gasteiger partial charge in [0.25, 0.3) is 0 Å². The van der Waals surface area contributed by atoms with E-state index in [9.17, 15) is 0 Å². The van der Waals surface area contributed by atoms with Gasteiger partial charge in [-0.2, -0.15) is 4.68 Å². The first-order valence-corrected chi connectivity index (χ1v) is 9.39. The molecule has 146 valence electrons. The standard InChI is InChI=1S/C22H18N8/c23-20-21(24-15-25-22(20)30-19-14-8-7-13-18(19)26-28-30)27-29(16-9-3-1-4-10-16)17-11-5-2-6-12-17/h1-15H,23H2,(H,24,25,27). The molecule has 0 radical (unpaired) electrons. The van der Waals surface area contributed by atoms with E-state index < -0.39 is 0 Å². The fourth-order valence-electron chi connectivity index (χ4n) is 3.21. The highest BCUT2D eigenvalue weighted by Crippen LogP contribution is 2.29. The summed E-state index contributed by atoms with van der Waals surface area (Å²) >= 11 is 0. The van der Waals surface area contributed by atoms with Gasteiger partial charge in [-0.15, -0.1) is 5.10 Å². The summed E-state index contributed by atoms with van der Waals surface area (Å²) in [5.74, 6) is 0.926. The first-order valence-electron chi connectivity index (χ1n) is 9.39. The lowest BCUT2D eigenvalue weighted by molar-refractivity contribution is 0.799. The van der Waals surface area contributed by atoms with Crippen LogP contribution < -0.4 is 16.2 Å². The molecule has 3 N–H and O–H groups in total. The quantitative estimate of drug-likeness (QED) is 0.435. The van der Waals surface area contributed by atoms with Crippen molar-refractivity contribution < 1.29 is 0 Å². The zero-order valence-corrected chi connectivity index (χ0v) is 15.9. The third kappa shape index (κ3) is 3.16. The van der Waals surface area contributed by atoms with Crippen LogP contribution in [0.4, 0.5) is 22.9 Å². The number of nitrogens with two attached hydrogens (primary N) is 1. The summed E-state index contributed by atoms with van der Waals surface area (Å²) in [6, 6.07) is 27.5. The van der Waals surface area contributed by atoms with Crippen LogP contribution in [0, 0.1) is 0 Å². The zero-order chi connectivity index (χ0) is 20.3. The van der Waals surface area contributed by atoms with Crippen LogP contribution in [0.1, 0.15) is 0 Å². The second-order valence-corrected chi connectivity index (χ2v) is 6.57. The minimum Gasteiger partial charge on any atom is -0.393 e. The normalized spacial score (nSPS) is 10.8. The van der Waals surface area contributed by atoms with Crippen molar-refractivity contribution in [3.05, 3.63) is 91.3 Å². The smallest absolute Gasteiger partial charge is 0.184 e. The van der Waals surface area contributed by atoms with Gasteiger partial charge in [0.05, 0.1) is 16.9 Å². The molecular formula is C22H18N8. The van der Waals surface area contributed by atoms with Gasteiger partial charge in [0, 0.05) is 0 Å². The largest absolute Gasteiger partial charge is 0.393 e. The fourth-order valence-corrected chi connectivity index (χ4v) is 3.21. The summed E-state index contributed by atoms with van der Waals surface area (Å²) < 4.78 is 1.62. The summed E-state index contributed by atoms with van der Waals surface area (Å²) in [5.41, 5.74) is 13.6. The van der Waals surface area contributed by atoms with Crippen molar-refractivity contribution in [3.8, 4) is 5.82 Å². The number of hydrogen-bond donors (Lipinski definition) is 2. The molecule has 0 aliphatic heterocycles. The first-order chi connectivity index (χ1) is 14.8. The molecule has 0 aliphatic carbocycles. The third-order valence-corrected chi connectivity index (χ3v) is 4.66.